The number of carbonyl (C=O) groups excluding carboxylic acids is 2. The van der Waals surface area contributed by atoms with Gasteiger partial charge in [0.2, 0.25) is 5.91 Å². The van der Waals surface area contributed by atoms with Crippen molar-refractivity contribution in [3.8, 4) is 11.5 Å². The zero-order valence-corrected chi connectivity index (χ0v) is 18.2. The molecule has 2 aromatic carbocycles. The molecule has 0 N–H and O–H groups in total. The lowest BCUT2D eigenvalue weighted by atomic mass is 10.1. The Morgan fingerprint density at radius 3 is 2.52 bits per heavy atom. The molecule has 0 atom stereocenters. The van der Waals surface area contributed by atoms with E-state index >= 15 is 0 Å². The number of carbonyl (C=O) groups is 2. The molecule has 4 rings (SSSR count). The summed E-state index contributed by atoms with van der Waals surface area (Å²) in [7, 11) is 1.58. The van der Waals surface area contributed by atoms with Gasteiger partial charge in [-0.1, -0.05) is 18.2 Å². The van der Waals surface area contributed by atoms with Crippen LogP contribution in [0.15, 0.2) is 42.5 Å². The van der Waals surface area contributed by atoms with Crippen molar-refractivity contribution >= 4 is 11.8 Å². The van der Waals surface area contributed by atoms with Crippen molar-refractivity contribution in [2.24, 2.45) is 0 Å². The van der Waals surface area contributed by atoms with Crippen LogP contribution in [0.4, 0.5) is 0 Å². The number of methoxy groups -OCH3 is 1. The number of benzene rings is 2. The quantitative estimate of drug-likeness (QED) is 0.756. The van der Waals surface area contributed by atoms with Crippen molar-refractivity contribution in [2.45, 2.75) is 20.0 Å². The molecule has 0 aliphatic carbocycles. The molecule has 0 unspecified atom stereocenters. The molecule has 0 aromatic heterocycles. The fraction of sp³-hybridized carbons (Fsp3) is 0.417. The van der Waals surface area contributed by atoms with E-state index in [1.165, 1.54) is 5.56 Å². The molecule has 2 aliphatic rings. The Balaban J connectivity index is 1.47. The number of nitrogens with zero attached hydrogens (tertiary/aromatic N) is 3. The Morgan fingerprint density at radius 2 is 1.77 bits per heavy atom. The smallest absolute Gasteiger partial charge is 0.258 e. The number of fused-ring (bicyclic) bond motifs is 1. The van der Waals surface area contributed by atoms with Gasteiger partial charge in [0, 0.05) is 51.8 Å². The molecule has 2 aromatic rings. The first-order valence-corrected chi connectivity index (χ1v) is 10.7. The van der Waals surface area contributed by atoms with E-state index < -0.39 is 0 Å². The molecular weight excluding hydrogens is 394 g/mol. The molecule has 7 heteroatoms. The number of piperazine rings is 1. The number of amides is 2. The third-order valence-corrected chi connectivity index (χ3v) is 5.95. The van der Waals surface area contributed by atoms with E-state index in [9.17, 15) is 9.59 Å². The van der Waals surface area contributed by atoms with Crippen LogP contribution in [0, 0.1) is 0 Å². The Labute approximate surface area is 183 Å². The summed E-state index contributed by atoms with van der Waals surface area (Å²) in [6.07, 6.45) is 0. The Hall–Kier alpha value is -3.06. The highest BCUT2D eigenvalue weighted by atomic mass is 16.5. The van der Waals surface area contributed by atoms with Gasteiger partial charge in [-0.25, -0.2) is 0 Å². The second-order valence-corrected chi connectivity index (χ2v) is 8.00. The minimum atomic E-state index is -0.0559. The lowest BCUT2D eigenvalue weighted by Crippen LogP contribution is -2.47. The molecule has 2 amide bonds. The summed E-state index contributed by atoms with van der Waals surface area (Å²) in [5.41, 5.74) is 2.76. The molecule has 1 fully saturated rings. The number of para-hydroxylation sites is 1. The Kier molecular flexibility index (Phi) is 6.42. The summed E-state index contributed by atoms with van der Waals surface area (Å²) < 4.78 is 11.3. The van der Waals surface area contributed by atoms with Gasteiger partial charge < -0.3 is 19.3 Å². The lowest BCUT2D eigenvalue weighted by Gasteiger charge is -2.34. The summed E-state index contributed by atoms with van der Waals surface area (Å²) in [5.74, 6) is 1.50. The van der Waals surface area contributed by atoms with Gasteiger partial charge in [-0.3, -0.25) is 14.5 Å². The Morgan fingerprint density at radius 1 is 1.00 bits per heavy atom. The molecule has 164 valence electrons. The van der Waals surface area contributed by atoms with Gasteiger partial charge >= 0.3 is 0 Å². The first-order valence-electron chi connectivity index (χ1n) is 10.7. The van der Waals surface area contributed by atoms with Crippen LogP contribution in [0.2, 0.25) is 0 Å². The summed E-state index contributed by atoms with van der Waals surface area (Å²) in [6, 6.07) is 13.5. The first kappa shape index (κ1) is 21.2. The molecule has 2 aliphatic heterocycles. The van der Waals surface area contributed by atoms with Gasteiger partial charge in [-0.2, -0.15) is 0 Å². The van der Waals surface area contributed by atoms with Crippen molar-refractivity contribution in [3.05, 3.63) is 59.2 Å². The highest BCUT2D eigenvalue weighted by molar-refractivity contribution is 5.97. The van der Waals surface area contributed by atoms with Crippen molar-refractivity contribution in [2.75, 3.05) is 46.4 Å². The van der Waals surface area contributed by atoms with Gasteiger partial charge in [-0.15, -0.1) is 0 Å². The van der Waals surface area contributed by atoms with Gasteiger partial charge in [0.25, 0.3) is 5.91 Å². The van der Waals surface area contributed by atoms with Crippen LogP contribution in [0.5, 0.6) is 11.5 Å². The van der Waals surface area contributed by atoms with Gasteiger partial charge in [0.1, 0.15) is 18.1 Å². The fourth-order valence-corrected chi connectivity index (χ4v) is 4.19. The molecule has 0 saturated carbocycles. The van der Waals surface area contributed by atoms with Crippen molar-refractivity contribution in [3.63, 3.8) is 0 Å². The maximum Gasteiger partial charge on any atom is 0.258 e. The molecule has 31 heavy (non-hydrogen) atoms. The summed E-state index contributed by atoms with van der Waals surface area (Å²) in [6.45, 7) is 7.19. The predicted octanol–water partition coefficient (Wildman–Crippen LogP) is 2.39. The molecule has 7 nitrogen and oxygen atoms in total. The third-order valence-electron chi connectivity index (χ3n) is 5.95. The van der Waals surface area contributed by atoms with E-state index in [1.54, 1.807) is 26.2 Å². The van der Waals surface area contributed by atoms with E-state index in [-0.39, 0.29) is 11.8 Å². The predicted molar refractivity (Wildman–Crippen MR) is 117 cm³/mol. The van der Waals surface area contributed by atoms with Crippen LogP contribution in [0.1, 0.15) is 28.4 Å². The van der Waals surface area contributed by atoms with Gasteiger partial charge in [0.05, 0.1) is 19.2 Å². The average molecular weight is 424 g/mol. The topological polar surface area (TPSA) is 62.3 Å². The molecular formula is C24H29N3O4. The number of hydrogen-bond donors (Lipinski definition) is 0. The van der Waals surface area contributed by atoms with E-state index in [0.29, 0.717) is 31.0 Å². The highest BCUT2D eigenvalue weighted by Gasteiger charge is 2.24. The zero-order chi connectivity index (χ0) is 21.8. The Bertz CT molecular complexity index is 954. The fourth-order valence-electron chi connectivity index (χ4n) is 4.19. The zero-order valence-electron chi connectivity index (χ0n) is 18.2. The normalized spacial score (nSPS) is 16.8. The molecule has 0 spiro atoms. The monoisotopic (exact) mass is 423 g/mol. The largest absolute Gasteiger partial charge is 0.496 e. The number of ether oxygens (including phenoxy) is 2. The standard InChI is InChI=1S/C24H29N3O4/c1-18(28)26-11-9-25(10-12-26)16-19-7-8-22-20(15-19)17-27(13-14-31-22)24(29)21-5-3-4-6-23(21)30-2/h3-8,15H,9-14,16-17H2,1-2H3. The van der Waals surface area contributed by atoms with Crippen molar-refractivity contribution < 1.29 is 19.1 Å². The maximum atomic E-state index is 13.2. The highest BCUT2D eigenvalue weighted by Crippen LogP contribution is 2.27. The van der Waals surface area contributed by atoms with E-state index in [4.69, 9.17) is 9.47 Å². The molecule has 1 saturated heterocycles. The number of hydrogen-bond acceptors (Lipinski definition) is 5. The third kappa shape index (κ3) is 4.82. The van der Waals surface area contributed by atoms with Crippen LogP contribution in [-0.4, -0.2) is 73.0 Å². The van der Waals surface area contributed by atoms with Crippen LogP contribution >= 0.6 is 0 Å². The molecule has 2 heterocycles. The SMILES string of the molecule is COc1ccccc1C(=O)N1CCOc2ccc(CN3CCN(C(C)=O)CC3)cc2C1. The minimum Gasteiger partial charge on any atom is -0.496 e. The summed E-state index contributed by atoms with van der Waals surface area (Å²) in [4.78, 5) is 30.8. The summed E-state index contributed by atoms with van der Waals surface area (Å²) in [5, 5.41) is 0. The van der Waals surface area contributed by atoms with Crippen LogP contribution in [0.25, 0.3) is 0 Å². The van der Waals surface area contributed by atoms with Crippen molar-refractivity contribution in [1.82, 2.24) is 14.7 Å². The van der Waals surface area contributed by atoms with E-state index in [2.05, 4.69) is 17.0 Å². The van der Waals surface area contributed by atoms with E-state index in [1.807, 2.05) is 28.0 Å². The van der Waals surface area contributed by atoms with Crippen molar-refractivity contribution in [1.29, 1.82) is 0 Å². The molecule has 0 radical (unpaired) electrons. The first-order chi connectivity index (χ1) is 15.0. The van der Waals surface area contributed by atoms with Crippen LogP contribution < -0.4 is 9.47 Å². The minimum absolute atomic E-state index is 0.0559. The lowest BCUT2D eigenvalue weighted by molar-refractivity contribution is -0.130. The van der Waals surface area contributed by atoms with Crippen LogP contribution in [0.3, 0.4) is 0 Å². The second kappa shape index (κ2) is 9.39. The van der Waals surface area contributed by atoms with Gasteiger partial charge in [0.15, 0.2) is 0 Å². The van der Waals surface area contributed by atoms with Crippen LogP contribution in [-0.2, 0) is 17.9 Å². The van der Waals surface area contributed by atoms with E-state index in [0.717, 1.165) is 44.0 Å². The maximum absolute atomic E-state index is 13.2. The average Bonchev–Trinajstić information content (AvgIpc) is 3.01. The second-order valence-electron chi connectivity index (χ2n) is 8.00. The van der Waals surface area contributed by atoms with Gasteiger partial charge in [-0.05, 0) is 29.8 Å². The number of rotatable bonds is 4. The summed E-state index contributed by atoms with van der Waals surface area (Å²) >= 11 is 0. The molecule has 0 bridgehead atoms.